The van der Waals surface area contributed by atoms with Gasteiger partial charge in [0.25, 0.3) is 0 Å². The Hall–Kier alpha value is -2.35. The Bertz CT molecular complexity index is 860. The number of aryl methyl sites for hydroxylation is 1. The molecule has 0 fully saturated rings. The summed E-state index contributed by atoms with van der Waals surface area (Å²) in [5.74, 6) is 0.585. The van der Waals surface area contributed by atoms with Crippen LogP contribution >= 0.6 is 0 Å². The molecule has 0 N–H and O–H groups in total. The number of pyridine rings is 1. The summed E-state index contributed by atoms with van der Waals surface area (Å²) in [7, 11) is 0. The summed E-state index contributed by atoms with van der Waals surface area (Å²) in [6.45, 7) is 2.22. The van der Waals surface area contributed by atoms with E-state index in [1.165, 1.54) is 28.8 Å². The van der Waals surface area contributed by atoms with Crippen LogP contribution < -0.4 is 0 Å². The Morgan fingerprint density at radius 1 is 1.13 bits per heavy atom. The second-order valence-electron chi connectivity index (χ2n) is 6.53. The van der Waals surface area contributed by atoms with E-state index in [2.05, 4.69) is 35.7 Å². The molecule has 0 radical (unpaired) electrons. The largest absolute Gasteiger partial charge is 0.320 e. The number of hydrogen-bond donors (Lipinski definition) is 0. The third-order valence-corrected chi connectivity index (χ3v) is 5.16. The fourth-order valence-electron chi connectivity index (χ4n) is 4.04. The van der Waals surface area contributed by atoms with E-state index in [-0.39, 0.29) is 5.78 Å². The van der Waals surface area contributed by atoms with Crippen LogP contribution in [0.3, 0.4) is 0 Å². The molecule has 116 valence electrons. The number of benzene rings is 1. The standard InChI is InChI=1S/C21H21NO/c1-15-18-11-7-10-17(14-20(23)16-8-3-2-4-9-16)21(18)22-13-6-5-12-19(15)22/h2-6,8-9,12-13,17H,7,10-11,14H2,1H3/t17-/m1/s1. The molecule has 2 heteroatoms. The van der Waals surface area contributed by atoms with Crippen molar-refractivity contribution in [3.05, 3.63) is 77.1 Å². The lowest BCUT2D eigenvalue weighted by molar-refractivity contribution is 0.0970. The maximum absolute atomic E-state index is 12.7. The molecule has 0 unspecified atom stereocenters. The Balaban J connectivity index is 1.73. The van der Waals surface area contributed by atoms with Crippen LogP contribution in [0.25, 0.3) is 5.52 Å². The Labute approximate surface area is 136 Å². The molecule has 1 aliphatic carbocycles. The Kier molecular flexibility index (Phi) is 3.53. The fourth-order valence-corrected chi connectivity index (χ4v) is 4.04. The van der Waals surface area contributed by atoms with Crippen molar-refractivity contribution in [1.29, 1.82) is 0 Å². The van der Waals surface area contributed by atoms with Crippen molar-refractivity contribution < 1.29 is 4.79 Å². The number of carbonyl (C=O) groups excluding carboxylic acids is 1. The van der Waals surface area contributed by atoms with Crippen molar-refractivity contribution in [2.45, 2.75) is 38.5 Å². The van der Waals surface area contributed by atoms with Gasteiger partial charge in [-0.05, 0) is 49.4 Å². The fraction of sp³-hybridized carbons (Fsp3) is 0.286. The average Bonchev–Trinajstić information content (AvgIpc) is 2.90. The molecule has 0 saturated carbocycles. The summed E-state index contributed by atoms with van der Waals surface area (Å²) in [5, 5.41) is 0. The lowest BCUT2D eigenvalue weighted by Crippen LogP contribution is -2.15. The van der Waals surface area contributed by atoms with Crippen molar-refractivity contribution in [3.8, 4) is 0 Å². The molecule has 0 saturated heterocycles. The lowest BCUT2D eigenvalue weighted by atomic mass is 9.82. The molecule has 1 aromatic carbocycles. The highest BCUT2D eigenvalue weighted by atomic mass is 16.1. The summed E-state index contributed by atoms with van der Waals surface area (Å²) >= 11 is 0. The first-order valence-corrected chi connectivity index (χ1v) is 8.42. The first kappa shape index (κ1) is 14.3. The topological polar surface area (TPSA) is 21.5 Å². The zero-order valence-corrected chi connectivity index (χ0v) is 13.5. The minimum Gasteiger partial charge on any atom is -0.320 e. The molecular formula is C21H21NO. The minimum absolute atomic E-state index is 0.256. The molecule has 2 heterocycles. The summed E-state index contributed by atoms with van der Waals surface area (Å²) < 4.78 is 2.31. The van der Waals surface area contributed by atoms with E-state index in [1.54, 1.807) is 0 Å². The molecular weight excluding hydrogens is 282 g/mol. The van der Waals surface area contributed by atoms with E-state index < -0.39 is 0 Å². The monoisotopic (exact) mass is 303 g/mol. The molecule has 1 atom stereocenters. The molecule has 3 aromatic rings. The van der Waals surface area contributed by atoms with Crippen molar-refractivity contribution in [2.75, 3.05) is 0 Å². The Morgan fingerprint density at radius 2 is 1.91 bits per heavy atom. The number of ketones is 1. The first-order chi connectivity index (χ1) is 11.3. The van der Waals surface area contributed by atoms with E-state index in [0.29, 0.717) is 12.3 Å². The summed E-state index contributed by atoms with van der Waals surface area (Å²) in [5.41, 5.74) is 6.34. The predicted octanol–water partition coefficient (Wildman–Crippen LogP) is 4.94. The molecule has 2 aromatic heterocycles. The van der Waals surface area contributed by atoms with Crippen LogP contribution in [-0.2, 0) is 6.42 Å². The SMILES string of the molecule is Cc1c2c(n3ccccc13)[C@@H](CC(=O)c1ccccc1)CCC2. The molecule has 2 nitrogen and oxygen atoms in total. The van der Waals surface area contributed by atoms with E-state index in [0.717, 1.165) is 18.4 Å². The van der Waals surface area contributed by atoms with Crippen molar-refractivity contribution >= 4 is 11.3 Å². The van der Waals surface area contributed by atoms with Crippen molar-refractivity contribution in [1.82, 2.24) is 4.40 Å². The van der Waals surface area contributed by atoms with Gasteiger partial charge in [-0.1, -0.05) is 36.4 Å². The molecule has 0 amide bonds. The average molecular weight is 303 g/mol. The van der Waals surface area contributed by atoms with Gasteiger partial charge in [0.15, 0.2) is 5.78 Å². The lowest BCUT2D eigenvalue weighted by Gasteiger charge is -2.23. The van der Waals surface area contributed by atoms with Gasteiger partial charge in [0, 0.05) is 35.3 Å². The number of nitrogens with zero attached hydrogens (tertiary/aromatic N) is 1. The van der Waals surface area contributed by atoms with Crippen LogP contribution in [-0.4, -0.2) is 10.2 Å². The first-order valence-electron chi connectivity index (χ1n) is 8.42. The van der Waals surface area contributed by atoms with E-state index >= 15 is 0 Å². The van der Waals surface area contributed by atoms with Gasteiger partial charge < -0.3 is 4.40 Å². The third kappa shape index (κ3) is 2.39. The van der Waals surface area contributed by atoms with Gasteiger partial charge in [-0.3, -0.25) is 4.79 Å². The summed E-state index contributed by atoms with van der Waals surface area (Å²) in [6.07, 6.45) is 6.17. The molecule has 0 aliphatic heterocycles. The second kappa shape index (κ2) is 5.69. The maximum atomic E-state index is 12.7. The van der Waals surface area contributed by atoms with Gasteiger partial charge >= 0.3 is 0 Å². The van der Waals surface area contributed by atoms with Crippen molar-refractivity contribution in [3.63, 3.8) is 0 Å². The summed E-state index contributed by atoms with van der Waals surface area (Å²) in [6, 6.07) is 16.0. The highest BCUT2D eigenvalue weighted by Gasteiger charge is 2.28. The molecule has 1 aliphatic rings. The van der Waals surface area contributed by atoms with Crippen LogP contribution in [0.1, 0.15) is 52.4 Å². The number of fused-ring (bicyclic) bond motifs is 3. The van der Waals surface area contributed by atoms with Gasteiger partial charge in [0.1, 0.15) is 0 Å². The number of aromatic nitrogens is 1. The summed E-state index contributed by atoms with van der Waals surface area (Å²) in [4.78, 5) is 12.7. The van der Waals surface area contributed by atoms with Crippen LogP contribution in [0.4, 0.5) is 0 Å². The molecule has 0 bridgehead atoms. The molecule has 0 spiro atoms. The quantitative estimate of drug-likeness (QED) is 0.628. The van der Waals surface area contributed by atoms with Gasteiger partial charge in [0.2, 0.25) is 0 Å². The van der Waals surface area contributed by atoms with Crippen LogP contribution in [0.2, 0.25) is 0 Å². The molecule has 23 heavy (non-hydrogen) atoms. The van der Waals surface area contributed by atoms with Crippen LogP contribution in [0.5, 0.6) is 0 Å². The number of hydrogen-bond acceptors (Lipinski definition) is 1. The van der Waals surface area contributed by atoms with Crippen LogP contribution in [0.15, 0.2) is 54.7 Å². The second-order valence-corrected chi connectivity index (χ2v) is 6.53. The van der Waals surface area contributed by atoms with Gasteiger partial charge in [-0.2, -0.15) is 0 Å². The van der Waals surface area contributed by atoms with Crippen molar-refractivity contribution in [2.24, 2.45) is 0 Å². The van der Waals surface area contributed by atoms with Crippen LogP contribution in [0, 0.1) is 6.92 Å². The number of carbonyl (C=O) groups is 1. The third-order valence-electron chi connectivity index (χ3n) is 5.16. The zero-order valence-electron chi connectivity index (χ0n) is 13.5. The van der Waals surface area contributed by atoms with E-state index in [1.807, 2.05) is 30.3 Å². The normalized spacial score (nSPS) is 17.2. The number of Topliss-reactive ketones (excluding diaryl/α,β-unsaturated/α-hetero) is 1. The predicted molar refractivity (Wildman–Crippen MR) is 93.2 cm³/mol. The van der Waals surface area contributed by atoms with Gasteiger partial charge in [-0.25, -0.2) is 0 Å². The smallest absolute Gasteiger partial charge is 0.163 e. The van der Waals surface area contributed by atoms with E-state index in [4.69, 9.17) is 0 Å². The minimum atomic E-state index is 0.256. The highest BCUT2D eigenvalue weighted by molar-refractivity contribution is 5.96. The number of rotatable bonds is 3. The highest BCUT2D eigenvalue weighted by Crippen LogP contribution is 2.39. The Morgan fingerprint density at radius 3 is 2.74 bits per heavy atom. The van der Waals surface area contributed by atoms with Gasteiger partial charge in [0.05, 0.1) is 0 Å². The van der Waals surface area contributed by atoms with Gasteiger partial charge in [-0.15, -0.1) is 0 Å². The zero-order chi connectivity index (χ0) is 15.8. The maximum Gasteiger partial charge on any atom is 0.163 e. The van der Waals surface area contributed by atoms with E-state index in [9.17, 15) is 4.79 Å². The molecule has 4 rings (SSSR count).